The summed E-state index contributed by atoms with van der Waals surface area (Å²) in [5, 5.41) is 20.8. The van der Waals surface area contributed by atoms with Crippen LogP contribution in [0.5, 0.6) is 0 Å². The Morgan fingerprint density at radius 3 is 2.66 bits per heavy atom. The number of nitro groups is 1. The molecular weight excluding hydrogens is 398 g/mol. The molecule has 1 atom stereocenters. The number of nitrogens with zero attached hydrogens (tertiary/aromatic N) is 7. The maximum absolute atomic E-state index is 12.0. The topological polar surface area (TPSA) is 130 Å². The van der Waals surface area contributed by atoms with E-state index in [1.165, 1.54) is 29.3 Å². The van der Waals surface area contributed by atoms with Crippen LogP contribution < -0.4 is 0 Å². The third kappa shape index (κ3) is 2.75. The predicted molar refractivity (Wildman–Crippen MR) is 104 cm³/mol. The molecule has 4 heterocycles. The van der Waals surface area contributed by atoms with E-state index in [2.05, 4.69) is 20.2 Å². The van der Waals surface area contributed by atoms with E-state index in [0.717, 1.165) is 10.9 Å². The summed E-state index contributed by atoms with van der Waals surface area (Å²) in [5.74, 6) is 0.0109. The lowest BCUT2D eigenvalue weighted by Crippen LogP contribution is -2.12. The van der Waals surface area contributed by atoms with Crippen LogP contribution in [0, 0.1) is 30.9 Å². The Morgan fingerprint density at radius 2 is 2.03 bits per heavy atom. The number of carbonyl (C=O) groups excluding carboxylic acids is 1. The van der Waals surface area contributed by atoms with E-state index in [9.17, 15) is 14.9 Å². The zero-order valence-electron chi connectivity index (χ0n) is 16.3. The fourth-order valence-corrected chi connectivity index (χ4v) is 4.48. The third-order valence-electron chi connectivity index (χ3n) is 4.86. The van der Waals surface area contributed by atoms with Gasteiger partial charge in [-0.05, 0) is 33.3 Å². The maximum Gasteiger partial charge on any atom is 0.348 e. The van der Waals surface area contributed by atoms with E-state index in [1.54, 1.807) is 18.5 Å². The first kappa shape index (κ1) is 18.9. The second-order valence-electron chi connectivity index (χ2n) is 6.61. The van der Waals surface area contributed by atoms with E-state index in [-0.39, 0.29) is 5.69 Å². The largest absolute Gasteiger partial charge is 0.465 e. The van der Waals surface area contributed by atoms with Crippen LogP contribution in [0.3, 0.4) is 0 Å². The highest BCUT2D eigenvalue weighted by Gasteiger charge is 2.27. The van der Waals surface area contributed by atoms with Gasteiger partial charge in [-0.2, -0.15) is 5.10 Å². The molecule has 0 aliphatic carbocycles. The SMILES string of the molecule is COC(=O)c1sc2ncn3nc(C(C)n4nc(C)c([N+](=O)[O-])c4C)nc3c2c1C. The number of hydrogen-bond acceptors (Lipinski definition) is 9. The van der Waals surface area contributed by atoms with Crippen LogP contribution in [0.4, 0.5) is 5.69 Å². The number of thiophene rings is 1. The van der Waals surface area contributed by atoms with Crippen LogP contribution in [0.2, 0.25) is 0 Å². The predicted octanol–water partition coefficient (Wildman–Crippen LogP) is 2.76. The van der Waals surface area contributed by atoms with Gasteiger partial charge in [-0.25, -0.2) is 19.3 Å². The molecule has 0 saturated heterocycles. The summed E-state index contributed by atoms with van der Waals surface area (Å²) < 4.78 is 7.93. The number of carbonyl (C=O) groups is 1. The molecule has 11 nitrogen and oxygen atoms in total. The van der Waals surface area contributed by atoms with Crippen LogP contribution in [-0.4, -0.2) is 47.4 Å². The Morgan fingerprint density at radius 1 is 1.31 bits per heavy atom. The van der Waals surface area contributed by atoms with Gasteiger partial charge in [0.15, 0.2) is 11.5 Å². The molecule has 150 valence electrons. The highest BCUT2D eigenvalue weighted by molar-refractivity contribution is 7.20. The van der Waals surface area contributed by atoms with Crippen molar-refractivity contribution < 1.29 is 14.5 Å². The molecule has 4 aromatic heterocycles. The summed E-state index contributed by atoms with van der Waals surface area (Å²) in [4.78, 5) is 33.0. The monoisotopic (exact) mass is 415 g/mol. The molecule has 0 amide bonds. The van der Waals surface area contributed by atoms with Crippen molar-refractivity contribution >= 4 is 38.9 Å². The summed E-state index contributed by atoms with van der Waals surface area (Å²) in [7, 11) is 1.33. The van der Waals surface area contributed by atoms with Crippen LogP contribution in [-0.2, 0) is 4.74 Å². The molecule has 0 bridgehead atoms. The molecule has 0 saturated carbocycles. The van der Waals surface area contributed by atoms with Gasteiger partial charge in [0.2, 0.25) is 0 Å². The van der Waals surface area contributed by atoms with Gasteiger partial charge in [0, 0.05) is 0 Å². The Hall–Kier alpha value is -3.41. The molecule has 0 spiro atoms. The van der Waals surface area contributed by atoms with Crippen molar-refractivity contribution in [2.75, 3.05) is 7.11 Å². The number of fused-ring (bicyclic) bond motifs is 3. The quantitative estimate of drug-likeness (QED) is 0.282. The first-order chi connectivity index (χ1) is 13.7. The van der Waals surface area contributed by atoms with Gasteiger partial charge in [0.05, 0.1) is 17.4 Å². The standard InChI is InChI=1S/C17H17N7O4S/c1-7-11-15-19-14(10(4)23-9(3)12(24(26)27)8(2)20-23)21-22(15)6-18-16(11)29-13(7)17(25)28-5/h6,10H,1-5H3. The summed E-state index contributed by atoms with van der Waals surface area (Å²) in [6.07, 6.45) is 1.53. The molecule has 0 N–H and O–H groups in total. The summed E-state index contributed by atoms with van der Waals surface area (Å²) >= 11 is 1.24. The fraction of sp³-hybridized carbons (Fsp3) is 0.353. The number of ether oxygens (including phenoxy) is 1. The van der Waals surface area contributed by atoms with Gasteiger partial charge in [-0.3, -0.25) is 14.8 Å². The van der Waals surface area contributed by atoms with E-state index >= 15 is 0 Å². The molecule has 0 radical (unpaired) electrons. The van der Waals surface area contributed by atoms with Crippen molar-refractivity contribution in [3.05, 3.63) is 44.1 Å². The molecule has 12 heteroatoms. The Balaban J connectivity index is 1.87. The second kappa shape index (κ2) is 6.58. The minimum atomic E-state index is -0.436. The lowest BCUT2D eigenvalue weighted by molar-refractivity contribution is -0.386. The summed E-state index contributed by atoms with van der Waals surface area (Å²) in [5.41, 5.74) is 2.03. The number of esters is 1. The molecule has 29 heavy (non-hydrogen) atoms. The highest BCUT2D eigenvalue weighted by Crippen LogP contribution is 2.33. The minimum absolute atomic E-state index is 0.0129. The van der Waals surface area contributed by atoms with E-state index < -0.39 is 16.9 Å². The Labute approximate surface area is 168 Å². The normalized spacial score (nSPS) is 12.6. The van der Waals surface area contributed by atoms with Crippen LogP contribution in [0.15, 0.2) is 6.33 Å². The van der Waals surface area contributed by atoms with E-state index in [0.29, 0.717) is 32.6 Å². The number of aromatic nitrogens is 6. The molecule has 0 fully saturated rings. The number of methoxy groups -OCH3 is 1. The van der Waals surface area contributed by atoms with Crippen LogP contribution in [0.25, 0.3) is 15.9 Å². The van der Waals surface area contributed by atoms with Gasteiger partial charge in [0.1, 0.15) is 33.5 Å². The molecule has 0 aliphatic heterocycles. The molecule has 0 aliphatic rings. The number of hydrogen-bond donors (Lipinski definition) is 0. The molecule has 0 aromatic carbocycles. The molecule has 4 aromatic rings. The first-order valence-corrected chi connectivity index (χ1v) is 9.49. The number of rotatable bonds is 4. The maximum atomic E-state index is 12.0. The van der Waals surface area contributed by atoms with Gasteiger partial charge in [-0.15, -0.1) is 16.4 Å². The van der Waals surface area contributed by atoms with E-state index in [1.807, 2.05) is 13.8 Å². The highest BCUT2D eigenvalue weighted by atomic mass is 32.1. The van der Waals surface area contributed by atoms with Gasteiger partial charge < -0.3 is 4.74 Å². The summed E-state index contributed by atoms with van der Waals surface area (Å²) in [6, 6.07) is -0.434. The lowest BCUT2D eigenvalue weighted by atomic mass is 10.2. The van der Waals surface area contributed by atoms with Gasteiger partial charge in [-0.1, -0.05) is 0 Å². The average Bonchev–Trinajstić information content (AvgIpc) is 3.33. The van der Waals surface area contributed by atoms with E-state index in [4.69, 9.17) is 4.74 Å². The van der Waals surface area contributed by atoms with Crippen molar-refractivity contribution in [1.29, 1.82) is 0 Å². The Bertz CT molecular complexity index is 1300. The number of aryl methyl sites for hydroxylation is 2. The van der Waals surface area contributed by atoms with Crippen molar-refractivity contribution in [1.82, 2.24) is 29.4 Å². The average molecular weight is 415 g/mol. The molecule has 1 unspecified atom stereocenters. The first-order valence-electron chi connectivity index (χ1n) is 8.67. The fourth-order valence-electron chi connectivity index (χ4n) is 3.42. The second-order valence-corrected chi connectivity index (χ2v) is 7.61. The smallest absolute Gasteiger partial charge is 0.348 e. The van der Waals surface area contributed by atoms with Crippen molar-refractivity contribution in [3.8, 4) is 0 Å². The van der Waals surface area contributed by atoms with Crippen LogP contribution >= 0.6 is 11.3 Å². The van der Waals surface area contributed by atoms with Gasteiger partial charge >= 0.3 is 11.7 Å². The molecule has 4 rings (SSSR count). The molecular formula is C17H17N7O4S. The van der Waals surface area contributed by atoms with Crippen molar-refractivity contribution in [2.24, 2.45) is 0 Å². The third-order valence-corrected chi connectivity index (χ3v) is 6.04. The zero-order valence-corrected chi connectivity index (χ0v) is 17.1. The zero-order chi connectivity index (χ0) is 21.0. The minimum Gasteiger partial charge on any atom is -0.465 e. The van der Waals surface area contributed by atoms with Gasteiger partial charge in [0.25, 0.3) is 0 Å². The summed E-state index contributed by atoms with van der Waals surface area (Å²) in [6.45, 7) is 6.88. The Kier molecular flexibility index (Phi) is 4.30. The lowest BCUT2D eigenvalue weighted by Gasteiger charge is -2.09. The van der Waals surface area contributed by atoms with Crippen molar-refractivity contribution in [2.45, 2.75) is 33.7 Å². The van der Waals surface area contributed by atoms with Crippen molar-refractivity contribution in [3.63, 3.8) is 0 Å². The van der Waals surface area contributed by atoms with Crippen LogP contribution in [0.1, 0.15) is 45.4 Å².